The Bertz CT molecular complexity index is 2040. The van der Waals surface area contributed by atoms with Crippen molar-refractivity contribution in [1.82, 2.24) is 5.32 Å². The molecule has 1 aliphatic heterocycles. The molecular weight excluding hydrogens is 722 g/mol. The van der Waals surface area contributed by atoms with Crippen LogP contribution in [-0.2, 0) is 23.8 Å². The van der Waals surface area contributed by atoms with Gasteiger partial charge in [0.25, 0.3) is 5.91 Å². The molecule has 2 bridgehead atoms. The van der Waals surface area contributed by atoms with Crippen molar-refractivity contribution in [2.45, 2.75) is 94.4 Å². The quantitative estimate of drug-likeness (QED) is 0.144. The third-order valence-electron chi connectivity index (χ3n) is 12.9. The molecule has 3 aromatic carbocycles. The van der Waals surface area contributed by atoms with E-state index in [-0.39, 0.29) is 35.3 Å². The van der Waals surface area contributed by atoms with Crippen molar-refractivity contribution in [1.29, 1.82) is 0 Å². The van der Waals surface area contributed by atoms with E-state index in [0.29, 0.717) is 5.56 Å². The molecule has 296 valence electrons. The number of hydrogen-bond donors (Lipinski definition) is 6. The first-order chi connectivity index (χ1) is 26.5. The average Bonchev–Trinajstić information content (AvgIpc) is 3.19. The van der Waals surface area contributed by atoms with Gasteiger partial charge in [-0.2, -0.15) is 0 Å². The fraction of sp³-hybridized carbons (Fsp3) is 0.442. The number of fused-ring (bicyclic) bond motifs is 5. The number of benzene rings is 3. The molecule has 3 fully saturated rings. The molecular formula is C43H47NO12. The molecule has 9 unspecified atom stereocenters. The summed E-state index contributed by atoms with van der Waals surface area (Å²) in [5, 5.41) is 63.6. The van der Waals surface area contributed by atoms with Gasteiger partial charge in [0.15, 0.2) is 11.9 Å². The molecule has 1 heterocycles. The Morgan fingerprint density at radius 2 is 1.43 bits per heavy atom. The molecule has 3 aromatic rings. The Balaban J connectivity index is 1.31. The van der Waals surface area contributed by atoms with E-state index in [2.05, 4.69) is 5.32 Å². The first-order valence-electron chi connectivity index (χ1n) is 18.7. The van der Waals surface area contributed by atoms with Crippen LogP contribution in [0, 0.1) is 16.7 Å². The van der Waals surface area contributed by atoms with Gasteiger partial charge in [0.05, 0.1) is 35.8 Å². The van der Waals surface area contributed by atoms with E-state index >= 15 is 0 Å². The Labute approximate surface area is 323 Å². The van der Waals surface area contributed by atoms with Gasteiger partial charge in [-0.05, 0) is 54.8 Å². The summed E-state index contributed by atoms with van der Waals surface area (Å²) in [7, 11) is 0. The minimum Gasteiger partial charge on any atom is -0.456 e. The summed E-state index contributed by atoms with van der Waals surface area (Å²) in [6.07, 6.45) is -10.3. The maximum atomic E-state index is 14.7. The zero-order valence-corrected chi connectivity index (χ0v) is 31.5. The standard InChI is InChI=1S/C43H47NO12/c1-23-27(55-39(51)33(47)31(24-14-8-5-9-15-24)44-37(49)25-16-10-6-11-17-25)21-43(53)36(56-38(50)26-18-12-7-13-19-26)34-41(4,28(45)20-29-42(34,52)22-54-29)35(48)32(46)30(23)40(43,2)3/h5-19,27-29,31-34,36,45-47,52-53H,20-22H2,1-4H3,(H,44,49)/t27?,28?,29?,31-,32?,33?,34?,36?,41+,42?,43?/m0/s1. The molecule has 0 aromatic heterocycles. The number of Topliss-reactive ketones (excluding diaryl/α,β-unsaturated/α-hetero) is 1. The van der Waals surface area contributed by atoms with Gasteiger partial charge in [0, 0.05) is 29.7 Å². The van der Waals surface area contributed by atoms with Crippen LogP contribution in [0.1, 0.15) is 72.9 Å². The molecule has 3 aliphatic carbocycles. The molecule has 2 saturated carbocycles. The number of carbonyl (C=O) groups is 4. The summed E-state index contributed by atoms with van der Waals surface area (Å²) in [6, 6.07) is 23.2. The first kappa shape index (κ1) is 39.5. The molecule has 1 amide bonds. The summed E-state index contributed by atoms with van der Waals surface area (Å²) in [4.78, 5) is 56.0. The SMILES string of the molecule is CC1=C2C(O)C(=O)[C@]3(C)C(O)CC4OCC4(O)C3C(OC(=O)c3ccccc3)C(O)(CC1OC(=O)C(O)[C@@H](NC(=O)c1ccccc1)c1ccccc1)C2(C)C. The average molecular weight is 770 g/mol. The third kappa shape index (κ3) is 6.08. The van der Waals surface area contributed by atoms with Crippen LogP contribution in [0.15, 0.2) is 102 Å². The van der Waals surface area contributed by atoms with E-state index in [1.165, 1.54) is 26.0 Å². The number of aliphatic hydroxyl groups excluding tert-OH is 3. The van der Waals surface area contributed by atoms with E-state index in [4.69, 9.17) is 14.2 Å². The Morgan fingerprint density at radius 3 is 2.00 bits per heavy atom. The maximum Gasteiger partial charge on any atom is 0.338 e. The lowest BCUT2D eigenvalue weighted by Gasteiger charge is -2.66. The van der Waals surface area contributed by atoms with Crippen LogP contribution >= 0.6 is 0 Å². The fourth-order valence-electron chi connectivity index (χ4n) is 9.54. The predicted molar refractivity (Wildman–Crippen MR) is 199 cm³/mol. The molecule has 11 atom stereocenters. The molecule has 4 aliphatic rings. The van der Waals surface area contributed by atoms with E-state index in [1.807, 2.05) is 0 Å². The van der Waals surface area contributed by atoms with Crippen molar-refractivity contribution in [3.63, 3.8) is 0 Å². The predicted octanol–water partition coefficient (Wildman–Crippen LogP) is 2.59. The second kappa shape index (κ2) is 14.3. The van der Waals surface area contributed by atoms with Gasteiger partial charge in [-0.3, -0.25) is 9.59 Å². The van der Waals surface area contributed by atoms with E-state index in [0.717, 1.165) is 0 Å². The van der Waals surface area contributed by atoms with Crippen molar-refractivity contribution in [2.75, 3.05) is 6.61 Å². The van der Waals surface area contributed by atoms with Crippen molar-refractivity contribution in [3.05, 3.63) is 119 Å². The van der Waals surface area contributed by atoms with Crippen LogP contribution < -0.4 is 5.32 Å². The second-order valence-electron chi connectivity index (χ2n) is 16.2. The van der Waals surface area contributed by atoms with Crippen LogP contribution in [-0.4, -0.2) is 104 Å². The zero-order chi connectivity index (χ0) is 40.4. The fourth-order valence-corrected chi connectivity index (χ4v) is 9.54. The van der Waals surface area contributed by atoms with Gasteiger partial charge in [-0.15, -0.1) is 0 Å². The number of rotatable bonds is 8. The monoisotopic (exact) mass is 769 g/mol. The van der Waals surface area contributed by atoms with E-state index < -0.39 is 101 Å². The van der Waals surface area contributed by atoms with Gasteiger partial charge < -0.3 is 45.1 Å². The highest BCUT2D eigenvalue weighted by molar-refractivity contribution is 5.95. The van der Waals surface area contributed by atoms with Gasteiger partial charge in [-0.25, -0.2) is 9.59 Å². The third-order valence-corrected chi connectivity index (χ3v) is 12.9. The van der Waals surface area contributed by atoms with Gasteiger partial charge in [0.1, 0.15) is 29.5 Å². The van der Waals surface area contributed by atoms with E-state index in [9.17, 15) is 44.7 Å². The number of nitrogens with one attached hydrogen (secondary N) is 1. The highest BCUT2D eigenvalue weighted by atomic mass is 16.6. The Hall–Kier alpha value is -4.76. The highest BCUT2D eigenvalue weighted by Crippen LogP contribution is 2.63. The second-order valence-corrected chi connectivity index (χ2v) is 16.2. The number of amides is 1. The number of aliphatic hydroxyl groups is 5. The summed E-state index contributed by atoms with van der Waals surface area (Å²) in [5.74, 6) is -5.07. The molecule has 7 rings (SSSR count). The van der Waals surface area contributed by atoms with Gasteiger partial charge in [0.2, 0.25) is 0 Å². The normalized spacial score (nSPS) is 34.3. The summed E-state index contributed by atoms with van der Waals surface area (Å²) < 4.78 is 17.9. The smallest absolute Gasteiger partial charge is 0.338 e. The maximum absolute atomic E-state index is 14.7. The molecule has 56 heavy (non-hydrogen) atoms. The van der Waals surface area contributed by atoms with Crippen molar-refractivity contribution >= 4 is 23.6 Å². The molecule has 6 N–H and O–H groups in total. The lowest BCUT2D eigenvalue weighted by Crippen LogP contribution is -2.81. The Kier molecular flexibility index (Phi) is 10.1. The molecule has 0 spiro atoms. The lowest BCUT2D eigenvalue weighted by atomic mass is 9.44. The topological polar surface area (TPSA) is 209 Å². The number of ether oxygens (including phenoxy) is 3. The molecule has 13 nitrogen and oxygen atoms in total. The minimum absolute atomic E-state index is 0.0351. The van der Waals surface area contributed by atoms with Crippen LogP contribution in [0.2, 0.25) is 0 Å². The number of ketones is 1. The van der Waals surface area contributed by atoms with Crippen LogP contribution in [0.25, 0.3) is 0 Å². The van der Waals surface area contributed by atoms with Crippen LogP contribution in [0.5, 0.6) is 0 Å². The largest absolute Gasteiger partial charge is 0.456 e. The Morgan fingerprint density at radius 1 is 0.857 bits per heavy atom. The van der Waals surface area contributed by atoms with Gasteiger partial charge in [-0.1, -0.05) is 80.6 Å². The zero-order valence-electron chi connectivity index (χ0n) is 31.5. The summed E-state index contributed by atoms with van der Waals surface area (Å²) >= 11 is 0. The molecule has 13 heteroatoms. The first-order valence-corrected chi connectivity index (χ1v) is 18.7. The van der Waals surface area contributed by atoms with Crippen LogP contribution in [0.3, 0.4) is 0 Å². The highest BCUT2D eigenvalue weighted by Gasteiger charge is 2.76. The molecule has 1 saturated heterocycles. The summed E-state index contributed by atoms with van der Waals surface area (Å²) in [5.41, 5.74) is -6.83. The van der Waals surface area contributed by atoms with Crippen molar-refractivity contribution in [2.24, 2.45) is 16.7 Å². The number of esters is 2. The van der Waals surface area contributed by atoms with Crippen LogP contribution in [0.4, 0.5) is 0 Å². The number of carbonyl (C=O) groups excluding carboxylic acids is 4. The van der Waals surface area contributed by atoms with E-state index in [1.54, 1.807) is 92.7 Å². The van der Waals surface area contributed by atoms with Gasteiger partial charge >= 0.3 is 11.9 Å². The number of hydrogen-bond acceptors (Lipinski definition) is 12. The molecule has 0 radical (unpaired) electrons. The minimum atomic E-state index is -2.30. The summed E-state index contributed by atoms with van der Waals surface area (Å²) in [6.45, 7) is 5.72. The lowest BCUT2D eigenvalue weighted by molar-refractivity contribution is -0.343. The van der Waals surface area contributed by atoms with Crippen molar-refractivity contribution in [3.8, 4) is 0 Å². The van der Waals surface area contributed by atoms with Crippen molar-refractivity contribution < 1.29 is 58.9 Å².